The second-order valence-electron chi connectivity index (χ2n) is 7.24. The van der Waals surface area contributed by atoms with Crippen LogP contribution in [0.3, 0.4) is 0 Å². The van der Waals surface area contributed by atoms with Crippen molar-refractivity contribution in [2.24, 2.45) is 0 Å². The van der Waals surface area contributed by atoms with E-state index in [4.69, 9.17) is 4.74 Å². The number of rotatable bonds is 5. The summed E-state index contributed by atoms with van der Waals surface area (Å²) < 4.78 is 5.33. The zero-order valence-corrected chi connectivity index (χ0v) is 16.1. The largest absolute Gasteiger partial charge is 0.378 e. The van der Waals surface area contributed by atoms with Gasteiger partial charge < -0.3 is 19.4 Å². The Bertz CT molecular complexity index is 605. The molecule has 2 aliphatic rings. The smallest absolute Gasteiger partial charge is 0.236 e. The van der Waals surface area contributed by atoms with E-state index < -0.39 is 0 Å². The number of likely N-dealkylation sites (N-methyl/N-ethyl adjacent to an activating group) is 1. The van der Waals surface area contributed by atoms with E-state index in [0.717, 1.165) is 37.7 Å². The Morgan fingerprint density at radius 1 is 1.27 bits per heavy atom. The molecular weight excluding hydrogens is 332 g/mol. The van der Waals surface area contributed by atoms with Crippen molar-refractivity contribution >= 4 is 17.7 Å². The van der Waals surface area contributed by atoms with Gasteiger partial charge >= 0.3 is 0 Å². The van der Waals surface area contributed by atoms with Gasteiger partial charge in [0, 0.05) is 53.0 Å². The molecule has 2 saturated heterocycles. The molecule has 0 bridgehead atoms. The van der Waals surface area contributed by atoms with Crippen molar-refractivity contribution in [3.05, 3.63) is 12.3 Å². The summed E-state index contributed by atoms with van der Waals surface area (Å²) in [5.41, 5.74) is 0. The SMILES string of the molecule is CN(C)c1ccnc(N(C)C2CCCN(CC(=O)N3CCOCC3)C2)n1. The average Bonchev–Trinajstić information content (AvgIpc) is 2.68. The number of morpholine rings is 1. The number of nitrogens with zero attached hydrogens (tertiary/aromatic N) is 6. The van der Waals surface area contributed by atoms with Crippen LogP contribution in [0.5, 0.6) is 0 Å². The van der Waals surface area contributed by atoms with Crippen LogP contribution in [-0.4, -0.2) is 98.8 Å². The van der Waals surface area contributed by atoms with Crippen LogP contribution in [0, 0.1) is 0 Å². The molecule has 0 aromatic carbocycles. The van der Waals surface area contributed by atoms with Crippen LogP contribution in [0.2, 0.25) is 0 Å². The fourth-order valence-electron chi connectivity index (χ4n) is 3.52. The van der Waals surface area contributed by atoms with Gasteiger partial charge in [-0.05, 0) is 25.5 Å². The third-order valence-corrected chi connectivity index (χ3v) is 5.15. The van der Waals surface area contributed by atoms with Crippen LogP contribution < -0.4 is 9.80 Å². The van der Waals surface area contributed by atoms with Crippen molar-refractivity contribution in [2.45, 2.75) is 18.9 Å². The van der Waals surface area contributed by atoms with Crippen molar-refractivity contribution < 1.29 is 9.53 Å². The van der Waals surface area contributed by atoms with E-state index in [1.54, 1.807) is 6.20 Å². The van der Waals surface area contributed by atoms with E-state index in [2.05, 4.69) is 19.8 Å². The molecule has 3 heterocycles. The van der Waals surface area contributed by atoms with Crippen LogP contribution in [0.15, 0.2) is 12.3 Å². The first-order valence-corrected chi connectivity index (χ1v) is 9.35. The van der Waals surface area contributed by atoms with Gasteiger partial charge in [-0.25, -0.2) is 4.98 Å². The Balaban J connectivity index is 1.58. The number of hydrogen-bond donors (Lipinski definition) is 0. The standard InChI is InChI=1S/C18H30N6O2/c1-21(2)16-6-7-19-18(20-16)22(3)15-5-4-8-23(13-15)14-17(25)24-9-11-26-12-10-24/h6-7,15H,4-5,8-14H2,1-3H3. The predicted octanol–water partition coefficient (Wildman–Crippen LogP) is 0.302. The number of carbonyl (C=O) groups is 1. The molecule has 8 nitrogen and oxygen atoms in total. The van der Waals surface area contributed by atoms with Crippen LogP contribution >= 0.6 is 0 Å². The summed E-state index contributed by atoms with van der Waals surface area (Å²) in [6, 6.07) is 2.23. The monoisotopic (exact) mass is 362 g/mol. The van der Waals surface area contributed by atoms with E-state index >= 15 is 0 Å². The number of piperidine rings is 1. The highest BCUT2D eigenvalue weighted by molar-refractivity contribution is 5.78. The highest BCUT2D eigenvalue weighted by Gasteiger charge is 2.27. The molecule has 2 aliphatic heterocycles. The predicted molar refractivity (Wildman–Crippen MR) is 102 cm³/mol. The maximum atomic E-state index is 12.5. The molecule has 1 amide bonds. The molecule has 2 fully saturated rings. The normalized spacial score (nSPS) is 21.5. The van der Waals surface area contributed by atoms with Gasteiger partial charge in [-0.15, -0.1) is 0 Å². The van der Waals surface area contributed by atoms with Crippen LogP contribution in [0.1, 0.15) is 12.8 Å². The van der Waals surface area contributed by atoms with E-state index in [0.29, 0.717) is 38.9 Å². The first-order chi connectivity index (χ1) is 12.5. The highest BCUT2D eigenvalue weighted by atomic mass is 16.5. The van der Waals surface area contributed by atoms with Crippen LogP contribution in [0.25, 0.3) is 0 Å². The summed E-state index contributed by atoms with van der Waals surface area (Å²) in [4.78, 5) is 29.9. The summed E-state index contributed by atoms with van der Waals surface area (Å²) in [6.45, 7) is 5.04. The topological polar surface area (TPSA) is 65.0 Å². The van der Waals surface area contributed by atoms with Gasteiger partial charge in [-0.2, -0.15) is 4.98 Å². The molecule has 1 atom stereocenters. The lowest BCUT2D eigenvalue weighted by atomic mass is 10.0. The molecule has 0 spiro atoms. The third-order valence-electron chi connectivity index (χ3n) is 5.15. The second-order valence-corrected chi connectivity index (χ2v) is 7.24. The number of likely N-dealkylation sites (tertiary alicyclic amines) is 1. The number of ether oxygens (including phenoxy) is 1. The number of aromatic nitrogens is 2. The molecule has 144 valence electrons. The molecule has 26 heavy (non-hydrogen) atoms. The van der Waals surface area contributed by atoms with Crippen LogP contribution in [-0.2, 0) is 9.53 Å². The van der Waals surface area contributed by atoms with Gasteiger partial charge in [-0.3, -0.25) is 9.69 Å². The lowest BCUT2D eigenvalue weighted by Gasteiger charge is -2.38. The minimum atomic E-state index is 0.211. The summed E-state index contributed by atoms with van der Waals surface area (Å²) in [5.74, 6) is 1.85. The third kappa shape index (κ3) is 4.62. The van der Waals surface area contributed by atoms with Gasteiger partial charge in [0.05, 0.1) is 19.8 Å². The highest BCUT2D eigenvalue weighted by Crippen LogP contribution is 2.20. The first-order valence-electron chi connectivity index (χ1n) is 9.35. The molecular formula is C18H30N6O2. The van der Waals surface area contributed by atoms with Crippen LogP contribution in [0.4, 0.5) is 11.8 Å². The van der Waals surface area contributed by atoms with E-state index in [1.165, 1.54) is 0 Å². The van der Waals surface area contributed by atoms with Crippen molar-refractivity contribution in [1.29, 1.82) is 0 Å². The quantitative estimate of drug-likeness (QED) is 0.746. The number of carbonyl (C=O) groups excluding carboxylic acids is 1. The molecule has 0 saturated carbocycles. The Morgan fingerprint density at radius 2 is 2.04 bits per heavy atom. The average molecular weight is 362 g/mol. The van der Waals surface area contributed by atoms with Gasteiger partial charge in [0.25, 0.3) is 0 Å². The fourth-order valence-corrected chi connectivity index (χ4v) is 3.52. The van der Waals surface area contributed by atoms with E-state index in [-0.39, 0.29) is 5.91 Å². The van der Waals surface area contributed by atoms with Crippen molar-refractivity contribution in [3.8, 4) is 0 Å². The summed E-state index contributed by atoms with van der Waals surface area (Å²) in [7, 11) is 6.00. The molecule has 8 heteroatoms. The van der Waals surface area contributed by atoms with E-state index in [1.807, 2.05) is 37.0 Å². The molecule has 0 radical (unpaired) electrons. The Morgan fingerprint density at radius 3 is 2.77 bits per heavy atom. The van der Waals surface area contributed by atoms with Gasteiger partial charge in [0.1, 0.15) is 5.82 Å². The van der Waals surface area contributed by atoms with Crippen molar-refractivity contribution in [1.82, 2.24) is 19.8 Å². The summed E-state index contributed by atoms with van der Waals surface area (Å²) >= 11 is 0. The molecule has 1 aromatic rings. The Labute approximate surface area is 155 Å². The Kier molecular flexibility index (Phi) is 6.26. The molecule has 3 rings (SSSR count). The van der Waals surface area contributed by atoms with Crippen molar-refractivity contribution in [3.63, 3.8) is 0 Å². The lowest BCUT2D eigenvalue weighted by Crippen LogP contribution is -2.51. The molecule has 0 N–H and O–H groups in total. The molecule has 1 aromatic heterocycles. The first kappa shape index (κ1) is 18.8. The zero-order chi connectivity index (χ0) is 18.5. The number of amides is 1. The zero-order valence-electron chi connectivity index (χ0n) is 16.1. The van der Waals surface area contributed by atoms with Gasteiger partial charge in [0.2, 0.25) is 11.9 Å². The summed E-state index contributed by atoms with van der Waals surface area (Å²) in [5, 5.41) is 0. The van der Waals surface area contributed by atoms with E-state index in [9.17, 15) is 4.79 Å². The maximum absolute atomic E-state index is 12.5. The second kappa shape index (κ2) is 8.64. The van der Waals surface area contributed by atoms with Crippen molar-refractivity contribution in [2.75, 3.05) is 76.9 Å². The number of anilines is 2. The maximum Gasteiger partial charge on any atom is 0.236 e. The van der Waals surface area contributed by atoms with Gasteiger partial charge in [-0.1, -0.05) is 0 Å². The number of hydrogen-bond acceptors (Lipinski definition) is 7. The minimum Gasteiger partial charge on any atom is -0.378 e. The molecule has 1 unspecified atom stereocenters. The molecule has 0 aliphatic carbocycles. The lowest BCUT2D eigenvalue weighted by molar-refractivity contribution is -0.136. The minimum absolute atomic E-state index is 0.211. The van der Waals surface area contributed by atoms with Gasteiger partial charge in [0.15, 0.2) is 0 Å². The fraction of sp³-hybridized carbons (Fsp3) is 0.722. The Hall–Kier alpha value is -1.93. The summed E-state index contributed by atoms with van der Waals surface area (Å²) in [6.07, 6.45) is 3.98.